The van der Waals surface area contributed by atoms with Crippen molar-refractivity contribution in [3.63, 3.8) is 0 Å². The van der Waals surface area contributed by atoms with Crippen molar-refractivity contribution < 1.29 is 36.4 Å². The highest BCUT2D eigenvalue weighted by atomic mass is 32.2. The van der Waals surface area contributed by atoms with Crippen LogP contribution in [0.15, 0.2) is 41.7 Å². The Balaban J connectivity index is 1.90. The molecule has 2 aromatic heterocycles. The van der Waals surface area contributed by atoms with E-state index in [0.717, 1.165) is 0 Å². The summed E-state index contributed by atoms with van der Waals surface area (Å²) in [6, 6.07) is 8.31. The number of benzene rings is 1. The van der Waals surface area contributed by atoms with Gasteiger partial charge in [-0.3, -0.25) is 13.8 Å². The molecule has 184 valence electrons. The van der Waals surface area contributed by atoms with Crippen LogP contribution >= 0.6 is 0 Å². The van der Waals surface area contributed by atoms with Crippen LogP contribution in [0.2, 0.25) is 0 Å². The average Bonchev–Trinajstić information content (AvgIpc) is 3.13. The number of alkyl halides is 3. The first-order chi connectivity index (χ1) is 16.0. The zero-order valence-electron chi connectivity index (χ0n) is 19.0. The summed E-state index contributed by atoms with van der Waals surface area (Å²) in [7, 11) is -1.78. The zero-order valence-corrected chi connectivity index (χ0v) is 19.8. The molecular formula is C22H24F3N3O5S. The Labute approximate surface area is 196 Å². The molecule has 0 N–H and O–H groups in total. The molecule has 0 spiro atoms. The Kier molecular flexibility index (Phi) is 7.80. The highest BCUT2D eigenvalue weighted by molar-refractivity contribution is 7.84. The zero-order chi connectivity index (χ0) is 25.0. The molecule has 0 fully saturated rings. The van der Waals surface area contributed by atoms with Crippen LogP contribution in [-0.2, 0) is 26.0 Å². The summed E-state index contributed by atoms with van der Waals surface area (Å²) in [6.45, 7) is 5.05. The molecule has 2 atom stereocenters. The Hall–Kier alpha value is -3.15. The van der Waals surface area contributed by atoms with Crippen molar-refractivity contribution in [2.24, 2.45) is 0 Å². The van der Waals surface area contributed by atoms with Crippen LogP contribution in [0.1, 0.15) is 38.3 Å². The van der Waals surface area contributed by atoms with Gasteiger partial charge in [0.05, 0.1) is 39.4 Å². The largest absolute Gasteiger partial charge is 0.510 e. The van der Waals surface area contributed by atoms with Crippen LogP contribution in [0.3, 0.4) is 0 Å². The predicted octanol–water partition coefficient (Wildman–Crippen LogP) is 5.07. The standard InChI is InChI=1S/C22H24F3N3O5S/c1-13(2)32-21(29)33-15(4)28-18-8-6-5-7-16(18)27-20(28)34(30)11-17-14(3)19(9-10-26-17)31-12-22(23,24)25/h5-10,13,15H,11-12H2,1-4H3/t15?,34-/m1/s1. The number of carbonyl (C=O) groups is 1. The van der Waals surface area contributed by atoms with Crippen molar-refractivity contribution in [3.8, 4) is 5.75 Å². The van der Waals surface area contributed by atoms with Crippen molar-refractivity contribution >= 4 is 28.0 Å². The summed E-state index contributed by atoms with van der Waals surface area (Å²) in [5.74, 6) is -0.136. The molecule has 0 saturated heterocycles. The van der Waals surface area contributed by atoms with Crippen LogP contribution in [0.25, 0.3) is 11.0 Å². The maximum Gasteiger partial charge on any atom is 0.510 e. The lowest BCUT2D eigenvalue weighted by Gasteiger charge is -2.18. The first kappa shape index (κ1) is 25.5. The Morgan fingerprint density at radius 1 is 1.15 bits per heavy atom. The van der Waals surface area contributed by atoms with Crippen LogP contribution in [0.5, 0.6) is 5.75 Å². The number of hydrogen-bond donors (Lipinski definition) is 0. The lowest BCUT2D eigenvalue weighted by Crippen LogP contribution is -2.21. The van der Waals surface area contributed by atoms with E-state index in [-0.39, 0.29) is 22.8 Å². The molecule has 0 aliphatic heterocycles. The van der Waals surface area contributed by atoms with Gasteiger partial charge in [0, 0.05) is 11.8 Å². The molecule has 0 saturated carbocycles. The minimum Gasteiger partial charge on any atom is -0.484 e. The van der Waals surface area contributed by atoms with Crippen molar-refractivity contribution in [1.82, 2.24) is 14.5 Å². The fourth-order valence-corrected chi connectivity index (χ4v) is 4.49. The fourth-order valence-electron chi connectivity index (χ4n) is 3.16. The number of rotatable bonds is 8. The molecule has 12 heteroatoms. The number of carbonyl (C=O) groups excluding carboxylic acids is 1. The number of imidazole rings is 1. The molecule has 0 bridgehead atoms. The second-order valence-corrected chi connectivity index (χ2v) is 9.01. The third kappa shape index (κ3) is 6.25. The SMILES string of the molecule is Cc1c(OCC(F)(F)F)ccnc1C[S@@](=O)c1nc2ccccc2n1C(C)OC(=O)OC(C)C. The third-order valence-corrected chi connectivity index (χ3v) is 5.88. The van der Waals surface area contributed by atoms with Gasteiger partial charge in [-0.15, -0.1) is 0 Å². The minimum absolute atomic E-state index is 0.000889. The van der Waals surface area contributed by atoms with E-state index in [1.165, 1.54) is 16.8 Å². The quantitative estimate of drug-likeness (QED) is 0.400. The summed E-state index contributed by atoms with van der Waals surface area (Å²) in [5, 5.41) is 0.119. The lowest BCUT2D eigenvalue weighted by molar-refractivity contribution is -0.153. The summed E-state index contributed by atoms with van der Waals surface area (Å²) in [4.78, 5) is 20.6. The number of pyridine rings is 1. The summed E-state index contributed by atoms with van der Waals surface area (Å²) in [5.41, 5.74) is 1.75. The van der Waals surface area contributed by atoms with Gasteiger partial charge < -0.3 is 14.2 Å². The number of para-hydroxylation sites is 2. The molecule has 0 radical (unpaired) electrons. The van der Waals surface area contributed by atoms with Gasteiger partial charge in [-0.2, -0.15) is 13.2 Å². The average molecular weight is 500 g/mol. The normalized spacial score (nSPS) is 13.6. The molecule has 3 rings (SSSR count). The molecule has 3 aromatic rings. The smallest absolute Gasteiger partial charge is 0.484 e. The topological polar surface area (TPSA) is 92.5 Å². The van der Waals surface area contributed by atoms with Gasteiger partial charge in [0.15, 0.2) is 12.8 Å². The minimum atomic E-state index is -4.49. The fraction of sp³-hybridized carbons (Fsp3) is 0.409. The molecule has 0 aliphatic carbocycles. The molecule has 1 aromatic carbocycles. The molecular weight excluding hydrogens is 475 g/mol. The van der Waals surface area contributed by atoms with E-state index in [1.54, 1.807) is 52.0 Å². The number of hydrogen-bond acceptors (Lipinski definition) is 7. The van der Waals surface area contributed by atoms with Gasteiger partial charge >= 0.3 is 12.3 Å². The molecule has 8 nitrogen and oxygen atoms in total. The molecule has 1 unspecified atom stereocenters. The van der Waals surface area contributed by atoms with E-state index in [9.17, 15) is 22.2 Å². The molecule has 2 heterocycles. The van der Waals surface area contributed by atoms with E-state index >= 15 is 0 Å². The second-order valence-electron chi connectivity index (χ2n) is 7.66. The predicted molar refractivity (Wildman–Crippen MR) is 118 cm³/mol. The van der Waals surface area contributed by atoms with Crippen molar-refractivity contribution in [1.29, 1.82) is 0 Å². The first-order valence-corrected chi connectivity index (χ1v) is 11.6. The van der Waals surface area contributed by atoms with Crippen molar-refractivity contribution in [3.05, 3.63) is 47.8 Å². The van der Waals surface area contributed by atoms with E-state index in [1.807, 2.05) is 0 Å². The lowest BCUT2D eigenvalue weighted by atomic mass is 10.2. The van der Waals surface area contributed by atoms with E-state index in [0.29, 0.717) is 22.3 Å². The monoisotopic (exact) mass is 499 g/mol. The molecule has 34 heavy (non-hydrogen) atoms. The Bertz CT molecular complexity index is 1200. The van der Waals surface area contributed by atoms with Crippen LogP contribution in [0, 0.1) is 6.92 Å². The van der Waals surface area contributed by atoms with Crippen molar-refractivity contribution in [2.75, 3.05) is 6.61 Å². The first-order valence-electron chi connectivity index (χ1n) is 10.3. The molecule has 0 amide bonds. The third-order valence-electron chi connectivity index (χ3n) is 4.65. The second kappa shape index (κ2) is 10.4. The molecule has 0 aliphatic rings. The highest BCUT2D eigenvalue weighted by Crippen LogP contribution is 2.28. The highest BCUT2D eigenvalue weighted by Gasteiger charge is 2.29. The number of ether oxygens (including phenoxy) is 3. The van der Waals surface area contributed by atoms with Crippen LogP contribution in [0.4, 0.5) is 18.0 Å². The number of aromatic nitrogens is 3. The Morgan fingerprint density at radius 2 is 1.85 bits per heavy atom. The summed E-state index contributed by atoms with van der Waals surface area (Å²) < 4.78 is 67.7. The number of fused-ring (bicyclic) bond motifs is 1. The van der Waals surface area contributed by atoms with E-state index < -0.39 is 36.0 Å². The number of halogens is 3. The number of nitrogens with zero attached hydrogens (tertiary/aromatic N) is 3. The van der Waals surface area contributed by atoms with Crippen LogP contribution in [-0.4, -0.2) is 43.8 Å². The van der Waals surface area contributed by atoms with Crippen LogP contribution < -0.4 is 4.74 Å². The maximum absolute atomic E-state index is 13.3. The van der Waals surface area contributed by atoms with Gasteiger partial charge in [0.25, 0.3) is 0 Å². The summed E-state index contributed by atoms with van der Waals surface area (Å²) in [6.07, 6.45) is -5.36. The van der Waals surface area contributed by atoms with Gasteiger partial charge in [-0.1, -0.05) is 12.1 Å². The van der Waals surface area contributed by atoms with E-state index in [2.05, 4.69) is 9.97 Å². The van der Waals surface area contributed by atoms with Gasteiger partial charge in [0.1, 0.15) is 5.75 Å². The van der Waals surface area contributed by atoms with Gasteiger partial charge in [0.2, 0.25) is 5.16 Å². The van der Waals surface area contributed by atoms with Gasteiger partial charge in [-0.05, 0) is 45.9 Å². The van der Waals surface area contributed by atoms with E-state index in [4.69, 9.17) is 14.2 Å². The van der Waals surface area contributed by atoms with Crippen molar-refractivity contribution in [2.45, 2.75) is 57.1 Å². The van der Waals surface area contributed by atoms with Gasteiger partial charge in [-0.25, -0.2) is 9.78 Å². The Morgan fingerprint density at radius 3 is 2.53 bits per heavy atom. The summed E-state index contributed by atoms with van der Waals surface area (Å²) >= 11 is 0. The maximum atomic E-state index is 13.3.